The van der Waals surface area contributed by atoms with Gasteiger partial charge in [0, 0.05) is 6.26 Å². The van der Waals surface area contributed by atoms with Crippen LogP contribution in [0, 0.1) is 5.82 Å². The molecule has 0 atom stereocenters. The maximum atomic E-state index is 13.9. The molecule has 1 saturated carbocycles. The van der Waals surface area contributed by atoms with Crippen LogP contribution >= 0.6 is 11.6 Å². The smallest absolute Gasteiger partial charge is 0.280 e. The zero-order chi connectivity index (χ0) is 21.7. The fourth-order valence-electron chi connectivity index (χ4n) is 3.28. The van der Waals surface area contributed by atoms with Gasteiger partial charge in [0.15, 0.2) is 11.5 Å². The molecule has 12 heteroatoms. The molecule has 1 aliphatic carbocycles. The number of halogens is 4. The summed E-state index contributed by atoms with van der Waals surface area (Å²) < 4.78 is 69.5. The Labute approximate surface area is 174 Å². The third-order valence-corrected chi connectivity index (χ3v) is 6.31. The summed E-state index contributed by atoms with van der Waals surface area (Å²) in [6.07, 6.45) is -0.606. The highest BCUT2D eigenvalue weighted by Gasteiger charge is 2.51. The topological polar surface area (TPSA) is 90.9 Å². The Morgan fingerprint density at radius 2 is 2.07 bits per heavy atom. The van der Waals surface area contributed by atoms with E-state index in [1.165, 1.54) is 12.1 Å². The highest BCUT2D eigenvalue weighted by molar-refractivity contribution is 7.90. The predicted octanol–water partition coefficient (Wildman–Crippen LogP) is 3.79. The van der Waals surface area contributed by atoms with Gasteiger partial charge in [-0.25, -0.2) is 21.6 Å². The average Bonchev–Trinajstić information content (AvgIpc) is 3.13. The van der Waals surface area contributed by atoms with Crippen LogP contribution < -0.4 is 0 Å². The zero-order valence-electron chi connectivity index (χ0n) is 15.6. The minimum atomic E-state index is -3.37. The number of rotatable bonds is 7. The standard InChI is InChI=1S/C18H16ClF3N4O3S/c1-30(27,28)8-7-26-13(15(21)22)9-12(24-26)16-23-17(25-29-16)18(5-6-18)10-3-2-4-11(20)14(10)19/h2-4,9,15H,5-8H2,1H3. The SMILES string of the molecule is CS(=O)(=O)CCn1nc(-c2nc(C3(c4cccc(F)c4Cl)CC3)no2)cc1C(F)F. The lowest BCUT2D eigenvalue weighted by Crippen LogP contribution is -2.14. The Bertz CT molecular complexity index is 1210. The van der Waals surface area contributed by atoms with Gasteiger partial charge in [0.05, 0.1) is 22.7 Å². The van der Waals surface area contributed by atoms with Crippen molar-refractivity contribution in [1.29, 1.82) is 0 Å². The van der Waals surface area contributed by atoms with Crippen molar-refractivity contribution in [3.8, 4) is 11.6 Å². The van der Waals surface area contributed by atoms with Crippen molar-refractivity contribution in [2.75, 3.05) is 12.0 Å². The molecule has 0 radical (unpaired) electrons. The van der Waals surface area contributed by atoms with E-state index < -0.39 is 33.2 Å². The van der Waals surface area contributed by atoms with Crippen molar-refractivity contribution in [1.82, 2.24) is 19.9 Å². The summed E-state index contributed by atoms with van der Waals surface area (Å²) in [6, 6.07) is 5.55. The highest BCUT2D eigenvalue weighted by atomic mass is 35.5. The first-order chi connectivity index (χ1) is 14.1. The molecule has 2 aromatic heterocycles. The van der Waals surface area contributed by atoms with Gasteiger partial charge in [-0.2, -0.15) is 10.1 Å². The van der Waals surface area contributed by atoms with Gasteiger partial charge in [-0.1, -0.05) is 28.9 Å². The third-order valence-electron chi connectivity index (χ3n) is 5.00. The lowest BCUT2D eigenvalue weighted by Gasteiger charge is -2.13. The second-order valence-corrected chi connectivity index (χ2v) is 9.85. The Hall–Kier alpha value is -2.40. The number of aromatic nitrogens is 4. The van der Waals surface area contributed by atoms with E-state index in [2.05, 4.69) is 15.2 Å². The highest BCUT2D eigenvalue weighted by Crippen LogP contribution is 2.54. The lowest BCUT2D eigenvalue weighted by atomic mass is 9.95. The molecule has 7 nitrogen and oxygen atoms in total. The summed E-state index contributed by atoms with van der Waals surface area (Å²) >= 11 is 6.11. The van der Waals surface area contributed by atoms with Gasteiger partial charge in [0.1, 0.15) is 21.3 Å². The van der Waals surface area contributed by atoms with Gasteiger partial charge in [-0.05, 0) is 30.5 Å². The van der Waals surface area contributed by atoms with Gasteiger partial charge in [0.2, 0.25) is 0 Å². The Kier molecular flexibility index (Phi) is 5.13. The van der Waals surface area contributed by atoms with Crippen molar-refractivity contribution in [3.05, 3.63) is 52.2 Å². The second kappa shape index (κ2) is 7.38. The van der Waals surface area contributed by atoms with E-state index in [0.717, 1.165) is 17.0 Å². The van der Waals surface area contributed by atoms with Crippen molar-refractivity contribution in [2.45, 2.75) is 31.2 Å². The first kappa shape index (κ1) is 20.9. The van der Waals surface area contributed by atoms with Crippen molar-refractivity contribution < 1.29 is 26.1 Å². The first-order valence-corrected chi connectivity index (χ1v) is 11.4. The quantitative estimate of drug-likeness (QED) is 0.533. The summed E-state index contributed by atoms with van der Waals surface area (Å²) in [6.45, 7) is -0.234. The van der Waals surface area contributed by atoms with E-state index >= 15 is 0 Å². The summed E-state index contributed by atoms with van der Waals surface area (Å²) in [5.74, 6) is -0.738. The van der Waals surface area contributed by atoms with Gasteiger partial charge in [-0.15, -0.1) is 0 Å². The number of hydrogen-bond acceptors (Lipinski definition) is 6. The Morgan fingerprint density at radius 3 is 2.70 bits per heavy atom. The molecular weight excluding hydrogens is 445 g/mol. The van der Waals surface area contributed by atoms with Crippen molar-refractivity contribution >= 4 is 21.4 Å². The number of alkyl halides is 2. The third kappa shape index (κ3) is 3.83. The molecule has 0 unspecified atom stereocenters. The number of aryl methyl sites for hydroxylation is 1. The average molecular weight is 461 g/mol. The van der Waals surface area contributed by atoms with Crippen LogP contribution in [0.4, 0.5) is 13.2 Å². The number of nitrogens with zero attached hydrogens (tertiary/aromatic N) is 4. The van der Waals surface area contributed by atoms with Crippen LogP contribution in [0.1, 0.15) is 36.3 Å². The molecule has 0 amide bonds. The molecule has 1 aromatic carbocycles. The van der Waals surface area contributed by atoms with E-state index in [4.69, 9.17) is 16.1 Å². The first-order valence-electron chi connectivity index (χ1n) is 8.93. The van der Waals surface area contributed by atoms with Crippen LogP contribution in [0.2, 0.25) is 5.02 Å². The monoisotopic (exact) mass is 460 g/mol. The number of benzene rings is 1. The van der Waals surface area contributed by atoms with Crippen LogP contribution in [-0.4, -0.2) is 40.3 Å². The van der Waals surface area contributed by atoms with E-state index in [1.54, 1.807) is 6.07 Å². The van der Waals surface area contributed by atoms with Crippen LogP contribution in [0.15, 0.2) is 28.8 Å². The van der Waals surface area contributed by atoms with Gasteiger partial charge >= 0.3 is 0 Å². The summed E-state index contributed by atoms with van der Waals surface area (Å²) in [7, 11) is -3.37. The molecule has 1 aliphatic rings. The van der Waals surface area contributed by atoms with Crippen molar-refractivity contribution in [3.63, 3.8) is 0 Å². The summed E-state index contributed by atoms with van der Waals surface area (Å²) in [4.78, 5) is 4.29. The van der Waals surface area contributed by atoms with Crippen LogP contribution in [0.25, 0.3) is 11.6 Å². The molecule has 4 rings (SSSR count). The number of sulfone groups is 1. The van der Waals surface area contributed by atoms with Crippen LogP contribution in [-0.2, 0) is 21.8 Å². The molecule has 0 spiro atoms. The molecule has 0 N–H and O–H groups in total. The Morgan fingerprint density at radius 1 is 1.33 bits per heavy atom. The minimum absolute atomic E-state index is 0.00121. The van der Waals surface area contributed by atoms with Gasteiger partial charge in [-0.3, -0.25) is 4.68 Å². The molecule has 0 saturated heterocycles. The molecule has 0 aliphatic heterocycles. The maximum absolute atomic E-state index is 13.9. The van der Waals surface area contributed by atoms with Gasteiger partial charge < -0.3 is 4.52 Å². The number of hydrogen-bond donors (Lipinski definition) is 0. The molecular formula is C18H16ClF3N4O3S. The van der Waals surface area contributed by atoms with E-state index in [-0.39, 0.29) is 34.7 Å². The van der Waals surface area contributed by atoms with E-state index in [1.807, 2.05) is 0 Å². The van der Waals surface area contributed by atoms with Crippen LogP contribution in [0.5, 0.6) is 0 Å². The largest absolute Gasteiger partial charge is 0.332 e. The van der Waals surface area contributed by atoms with E-state index in [9.17, 15) is 21.6 Å². The van der Waals surface area contributed by atoms with Gasteiger partial charge in [0.25, 0.3) is 12.3 Å². The molecule has 160 valence electrons. The summed E-state index contributed by atoms with van der Waals surface area (Å²) in [5.41, 5.74) is -0.629. The molecule has 1 fully saturated rings. The second-order valence-electron chi connectivity index (χ2n) is 7.21. The minimum Gasteiger partial charge on any atom is -0.332 e. The van der Waals surface area contributed by atoms with Crippen LogP contribution in [0.3, 0.4) is 0 Å². The fourth-order valence-corrected chi connectivity index (χ4v) is 4.09. The lowest BCUT2D eigenvalue weighted by molar-refractivity contribution is 0.139. The molecule has 30 heavy (non-hydrogen) atoms. The fraction of sp³-hybridized carbons (Fsp3) is 0.389. The molecule has 2 heterocycles. The molecule has 0 bridgehead atoms. The zero-order valence-corrected chi connectivity index (χ0v) is 17.2. The van der Waals surface area contributed by atoms with Crippen molar-refractivity contribution in [2.24, 2.45) is 0 Å². The van der Waals surface area contributed by atoms with E-state index in [0.29, 0.717) is 18.4 Å². The molecule has 3 aromatic rings. The predicted molar refractivity (Wildman–Crippen MR) is 102 cm³/mol. The Balaban J connectivity index is 1.67. The summed E-state index contributed by atoms with van der Waals surface area (Å²) in [5, 5.41) is 7.94. The maximum Gasteiger partial charge on any atom is 0.280 e. The normalized spacial score (nSPS) is 15.7.